The van der Waals surface area contributed by atoms with Gasteiger partial charge in [0.15, 0.2) is 23.1 Å². The van der Waals surface area contributed by atoms with Crippen molar-refractivity contribution in [3.63, 3.8) is 0 Å². The summed E-state index contributed by atoms with van der Waals surface area (Å²) in [4.78, 5) is 31.5. The third kappa shape index (κ3) is 4.93. The highest BCUT2D eigenvalue weighted by molar-refractivity contribution is 7.23. The van der Waals surface area contributed by atoms with Crippen LogP contribution in [0.2, 0.25) is 0 Å². The third-order valence-electron chi connectivity index (χ3n) is 4.78. The summed E-state index contributed by atoms with van der Waals surface area (Å²) < 4.78 is 25.9. The Kier molecular flexibility index (Phi) is 6.20. The maximum atomic E-state index is 11.9. The molecule has 1 aliphatic heterocycles. The number of imidazole rings is 2. The van der Waals surface area contributed by atoms with Crippen LogP contribution in [0.25, 0.3) is 17.2 Å². The minimum atomic E-state index is -2.16. The molecule has 13 heteroatoms. The molecule has 12 nitrogen and oxygen atoms in total. The van der Waals surface area contributed by atoms with Crippen LogP contribution in [-0.4, -0.2) is 73.2 Å². The number of aliphatic hydroxyl groups excluding tert-OH is 1. The van der Waals surface area contributed by atoms with Crippen LogP contribution in [-0.2, 0) is 14.1 Å². The number of carbonyl (C=O) groups excluding carboxylic acids is 1. The summed E-state index contributed by atoms with van der Waals surface area (Å²) in [5.74, 6) is 0.264. The molecule has 0 saturated carbocycles. The van der Waals surface area contributed by atoms with Gasteiger partial charge in [-0.2, -0.15) is 0 Å². The zero-order valence-electron chi connectivity index (χ0n) is 17.4. The Bertz CT molecular complexity index is 1120. The number of aromatic amines is 1. The molecule has 0 aromatic carbocycles. The first-order valence-corrected chi connectivity index (χ1v) is 10.6. The van der Waals surface area contributed by atoms with Gasteiger partial charge in [-0.3, -0.25) is 9.36 Å². The van der Waals surface area contributed by atoms with E-state index in [4.69, 9.17) is 6.02 Å². The number of nitrogens with one attached hydrogen (secondary N) is 3. The Hall–Kier alpha value is -3.21. The second kappa shape index (κ2) is 9.73. The second-order valence-electron chi connectivity index (χ2n) is 6.85. The first-order valence-electron chi connectivity index (χ1n) is 10.1. The molecule has 1 amide bonds. The van der Waals surface area contributed by atoms with Gasteiger partial charge in [-0.1, -0.05) is 4.57 Å². The smallest absolute Gasteiger partial charge is 0.388 e. The molecule has 3 aromatic rings. The Balaban J connectivity index is 1.34. The molecule has 31 heavy (non-hydrogen) atoms. The molecule has 4 heterocycles. The van der Waals surface area contributed by atoms with Crippen molar-refractivity contribution in [1.29, 1.82) is 1.28 Å². The van der Waals surface area contributed by atoms with E-state index in [9.17, 15) is 14.5 Å². The zero-order valence-corrected chi connectivity index (χ0v) is 17.3. The van der Waals surface area contributed by atoms with Crippen LogP contribution < -0.4 is 10.6 Å². The van der Waals surface area contributed by atoms with Crippen molar-refractivity contribution in [3.8, 4) is 0 Å². The Morgan fingerprint density at radius 2 is 2.35 bits per heavy atom. The fraction of sp³-hybridized carbons (Fsp3) is 0.389. The lowest BCUT2D eigenvalue weighted by molar-refractivity contribution is -0.116. The van der Waals surface area contributed by atoms with E-state index in [1.54, 1.807) is 23.2 Å². The monoisotopic (exact) mass is 447 g/mol. The third-order valence-corrected chi connectivity index (χ3v) is 5.29. The van der Waals surface area contributed by atoms with Crippen LogP contribution in [0.3, 0.4) is 0 Å². The minimum absolute atomic E-state index is 0.0236. The maximum absolute atomic E-state index is 11.9. The lowest BCUT2D eigenvalue weighted by Crippen LogP contribution is -2.27. The molecule has 1 aliphatic rings. The average molecular weight is 447 g/mol. The molecule has 3 aromatic heterocycles. The van der Waals surface area contributed by atoms with Crippen molar-refractivity contribution in [2.24, 2.45) is 0 Å². The van der Waals surface area contributed by atoms with E-state index in [1.807, 2.05) is 0 Å². The van der Waals surface area contributed by atoms with Crippen LogP contribution >= 0.6 is 8.41 Å². The molecule has 0 spiro atoms. The van der Waals surface area contributed by atoms with Gasteiger partial charge >= 0.3 is 9.68 Å². The van der Waals surface area contributed by atoms with Crippen molar-refractivity contribution in [1.82, 2.24) is 34.8 Å². The average Bonchev–Trinajstić information content (AvgIpc) is 3.50. The van der Waals surface area contributed by atoms with E-state index in [2.05, 4.69) is 35.6 Å². The van der Waals surface area contributed by atoms with Gasteiger partial charge in [-0.05, 0) is 6.08 Å². The van der Waals surface area contributed by atoms with Gasteiger partial charge in [0.2, 0.25) is 5.91 Å². The Morgan fingerprint density at radius 3 is 3.16 bits per heavy atom. The zero-order chi connectivity index (χ0) is 22.5. The fourth-order valence-electron chi connectivity index (χ4n) is 3.26. The normalized spacial score (nSPS) is 22.0. The number of aromatic nitrogens is 6. The lowest BCUT2D eigenvalue weighted by atomic mass is 10.2. The summed E-state index contributed by atoms with van der Waals surface area (Å²) in [7, 11) is -2.16. The Morgan fingerprint density at radius 1 is 1.45 bits per heavy atom. The first kappa shape index (κ1) is 19.7. The predicted octanol–water partition coefficient (Wildman–Crippen LogP) is 0.463. The topological polar surface area (TPSA) is 160 Å². The van der Waals surface area contributed by atoms with E-state index in [1.165, 1.54) is 18.7 Å². The summed E-state index contributed by atoms with van der Waals surface area (Å²) >= 11 is 0. The molecule has 0 aliphatic carbocycles. The summed E-state index contributed by atoms with van der Waals surface area (Å²) in [6, 6.07) is 0. The summed E-state index contributed by atoms with van der Waals surface area (Å²) in [5.41, 5.74) is 1.77. The van der Waals surface area contributed by atoms with E-state index < -0.39 is 26.8 Å². The Labute approximate surface area is 179 Å². The van der Waals surface area contributed by atoms with Crippen molar-refractivity contribution >= 4 is 37.4 Å². The molecule has 4 rings (SSSR count). The number of hydrogen-bond acceptors (Lipinski definition) is 9. The van der Waals surface area contributed by atoms with Gasteiger partial charge in [-0.15, -0.1) is 0 Å². The number of nitrogens with zero attached hydrogens (tertiary/aromatic N) is 5. The number of carbonyl (C=O) groups is 1. The van der Waals surface area contributed by atoms with Crippen LogP contribution in [0.4, 0.5) is 5.82 Å². The number of ether oxygens (including phenoxy) is 1. The highest BCUT2D eigenvalue weighted by atomic mass is 31.1. The van der Waals surface area contributed by atoms with Crippen LogP contribution in [0.1, 0.15) is 18.3 Å². The van der Waals surface area contributed by atoms with Gasteiger partial charge in [0, 0.05) is 25.6 Å². The van der Waals surface area contributed by atoms with E-state index >= 15 is 0 Å². The molecule has 4 unspecified atom stereocenters. The molecule has 4 atom stereocenters. The van der Waals surface area contributed by atoms with E-state index in [0.717, 1.165) is 5.69 Å². The van der Waals surface area contributed by atoms with Crippen LogP contribution in [0.5, 0.6) is 0 Å². The second-order valence-corrected chi connectivity index (χ2v) is 7.47. The molecule has 1 fully saturated rings. The summed E-state index contributed by atoms with van der Waals surface area (Å²) in [6.07, 6.45) is 7.38. The molecular weight excluding hydrogens is 423 g/mol. The van der Waals surface area contributed by atoms with Crippen molar-refractivity contribution in [2.45, 2.75) is 24.9 Å². The number of hydrogen-bond donors (Lipinski definition) is 4. The van der Waals surface area contributed by atoms with Gasteiger partial charge in [0.1, 0.15) is 18.7 Å². The van der Waals surface area contributed by atoms with Gasteiger partial charge in [0.05, 0.1) is 30.6 Å². The predicted molar refractivity (Wildman–Crippen MR) is 113 cm³/mol. The largest absolute Gasteiger partial charge is 0.390 e. The SMILES string of the molecule is [3H][P+](=O)CC1OC(n2cnc3c(NCCNC(=O)C=Cc4cnc[nH]4)ncnc32)CC1O. The summed E-state index contributed by atoms with van der Waals surface area (Å²) in [6.45, 7) is 0.781. The first-order chi connectivity index (χ1) is 15.5. The standard InChI is InChI=1S/C18H21N8O4P/c27-12-5-15(30-13(12)7-31-29)26-10-25-16-17(23-9-24-18(16)26)21-4-3-20-14(28)2-1-11-6-19-8-22-11/h1-2,6,8-10,12-13,15,27H,3-5,7H2,(H,19,22)(H,20,28)(H,21,23,24)/p+1/i/hT. The lowest BCUT2D eigenvalue weighted by Gasteiger charge is -2.12. The van der Waals surface area contributed by atoms with Crippen molar-refractivity contribution < 1.29 is 19.2 Å². The molecule has 1 saturated heterocycles. The van der Waals surface area contributed by atoms with Gasteiger partial charge in [0.25, 0.3) is 0 Å². The molecule has 4 N–H and O–H groups in total. The van der Waals surface area contributed by atoms with E-state index in [0.29, 0.717) is 30.1 Å². The highest BCUT2D eigenvalue weighted by Crippen LogP contribution is 2.32. The maximum Gasteiger partial charge on any atom is 0.388 e. The van der Waals surface area contributed by atoms with Crippen LogP contribution in [0.15, 0.2) is 31.3 Å². The van der Waals surface area contributed by atoms with Gasteiger partial charge < -0.3 is 25.5 Å². The molecular formula is C18H22N8O4P+. The number of aliphatic hydroxyl groups is 1. The van der Waals surface area contributed by atoms with Crippen molar-refractivity contribution in [3.05, 3.63) is 36.9 Å². The fourth-order valence-corrected chi connectivity index (χ4v) is 3.74. The van der Waals surface area contributed by atoms with Crippen molar-refractivity contribution in [2.75, 3.05) is 24.6 Å². The molecule has 162 valence electrons. The van der Waals surface area contributed by atoms with E-state index in [-0.39, 0.29) is 18.5 Å². The molecule has 0 bridgehead atoms. The van der Waals surface area contributed by atoms with Gasteiger partial charge in [-0.25, -0.2) is 19.9 Å². The number of rotatable bonds is 9. The number of anilines is 1. The van der Waals surface area contributed by atoms with Crippen LogP contribution in [0, 0.1) is 0 Å². The number of H-pyrrole nitrogens is 1. The molecule has 0 radical (unpaired) electrons. The highest BCUT2D eigenvalue weighted by Gasteiger charge is 2.37. The number of fused-ring (bicyclic) bond motifs is 1. The number of amides is 1. The quantitative estimate of drug-likeness (QED) is 0.208. The minimum Gasteiger partial charge on any atom is -0.390 e. The summed E-state index contributed by atoms with van der Waals surface area (Å²) in [5, 5.41) is 16.0.